The van der Waals surface area contributed by atoms with Gasteiger partial charge in [-0.05, 0) is 47.9 Å². The molecule has 0 amide bonds. The van der Waals surface area contributed by atoms with Gasteiger partial charge in [0.2, 0.25) is 5.13 Å². The Morgan fingerprint density at radius 2 is 1.71 bits per heavy atom. The first-order chi connectivity index (χ1) is 18.6. The van der Waals surface area contributed by atoms with E-state index in [-0.39, 0.29) is 11.7 Å². The van der Waals surface area contributed by atoms with E-state index in [0.29, 0.717) is 5.13 Å². The van der Waals surface area contributed by atoms with Crippen molar-refractivity contribution in [3.8, 4) is 11.3 Å². The Morgan fingerprint density at radius 1 is 0.947 bits per heavy atom. The Hall–Kier alpha value is -4.36. The third kappa shape index (κ3) is 4.68. The van der Waals surface area contributed by atoms with Crippen molar-refractivity contribution >= 4 is 44.5 Å². The summed E-state index contributed by atoms with van der Waals surface area (Å²) < 4.78 is 15.6. The maximum atomic E-state index is 13.2. The second-order valence-electron chi connectivity index (χ2n) is 9.49. The van der Waals surface area contributed by atoms with Crippen LogP contribution in [-0.4, -0.2) is 20.7 Å². The number of hydrazone groups is 1. The minimum Gasteiger partial charge on any atom is -0.334 e. The fraction of sp³-hybridized carbons (Fsp3) is 0.129. The number of aromatic nitrogens is 3. The fourth-order valence-corrected chi connectivity index (χ4v) is 5.42. The maximum Gasteiger partial charge on any atom is 0.203 e. The van der Waals surface area contributed by atoms with Crippen molar-refractivity contribution in [2.24, 2.45) is 5.10 Å². The van der Waals surface area contributed by atoms with Gasteiger partial charge in [-0.25, -0.2) is 14.4 Å². The zero-order chi connectivity index (χ0) is 26.1. The average Bonchev–Trinajstić information content (AvgIpc) is 3.53. The summed E-state index contributed by atoms with van der Waals surface area (Å²) in [7, 11) is 0. The molecule has 0 aliphatic carbocycles. The van der Waals surface area contributed by atoms with Gasteiger partial charge in [-0.15, -0.1) is 11.3 Å². The lowest BCUT2D eigenvalue weighted by molar-refractivity contribution is 0.628. The lowest BCUT2D eigenvalue weighted by Gasteiger charge is -2.13. The molecular weight excluding hydrogens is 493 g/mol. The highest BCUT2D eigenvalue weighted by atomic mass is 32.1. The van der Waals surface area contributed by atoms with Gasteiger partial charge >= 0.3 is 0 Å². The van der Waals surface area contributed by atoms with Crippen LogP contribution in [0.4, 0.5) is 9.52 Å². The molecule has 0 bridgehead atoms. The molecule has 0 radical (unpaired) electrons. The Kier molecular flexibility index (Phi) is 6.43. The van der Waals surface area contributed by atoms with E-state index in [1.807, 2.05) is 11.4 Å². The van der Waals surface area contributed by atoms with Crippen LogP contribution in [0.15, 0.2) is 95.4 Å². The van der Waals surface area contributed by atoms with Crippen LogP contribution in [0.3, 0.4) is 0 Å². The molecule has 0 atom stereocenters. The number of para-hydroxylation sites is 1. The van der Waals surface area contributed by atoms with Crippen molar-refractivity contribution in [1.82, 2.24) is 14.5 Å². The molecule has 6 aromatic rings. The second kappa shape index (κ2) is 10.2. The number of nitrogens with zero attached hydrogens (tertiary/aromatic N) is 4. The number of anilines is 1. The van der Waals surface area contributed by atoms with Crippen molar-refractivity contribution in [1.29, 1.82) is 0 Å². The SMILES string of the molecule is CC(C)c1nc(/C=N/Nc2nc(-c3ccc(F)cc3)cs2)cc2c3ccccc3n(Cc3ccccc3)c12. The molecule has 188 valence electrons. The van der Waals surface area contributed by atoms with Gasteiger partial charge in [0.05, 0.1) is 28.8 Å². The van der Waals surface area contributed by atoms with Gasteiger partial charge in [-0.1, -0.05) is 62.4 Å². The lowest BCUT2D eigenvalue weighted by atomic mass is 10.0. The van der Waals surface area contributed by atoms with Crippen molar-refractivity contribution < 1.29 is 4.39 Å². The van der Waals surface area contributed by atoms with Gasteiger partial charge < -0.3 is 4.57 Å². The largest absolute Gasteiger partial charge is 0.334 e. The first-order valence-electron chi connectivity index (χ1n) is 12.5. The summed E-state index contributed by atoms with van der Waals surface area (Å²) in [6.45, 7) is 5.14. The number of thiazole rings is 1. The van der Waals surface area contributed by atoms with Crippen LogP contribution in [0.2, 0.25) is 0 Å². The van der Waals surface area contributed by atoms with E-state index in [1.54, 1.807) is 18.3 Å². The van der Waals surface area contributed by atoms with Crippen LogP contribution in [0, 0.1) is 5.82 Å². The molecular formula is C31H26FN5S. The number of fused-ring (bicyclic) bond motifs is 3. The Labute approximate surface area is 224 Å². The van der Waals surface area contributed by atoms with E-state index in [1.165, 1.54) is 50.8 Å². The van der Waals surface area contributed by atoms with E-state index in [9.17, 15) is 4.39 Å². The minimum atomic E-state index is -0.264. The molecule has 6 rings (SSSR count). The highest BCUT2D eigenvalue weighted by molar-refractivity contribution is 7.14. The van der Waals surface area contributed by atoms with Gasteiger partial charge in [0.15, 0.2) is 0 Å². The quantitative estimate of drug-likeness (QED) is 0.171. The molecule has 3 heterocycles. The van der Waals surface area contributed by atoms with E-state index in [2.05, 4.69) is 88.5 Å². The van der Waals surface area contributed by atoms with E-state index in [4.69, 9.17) is 4.98 Å². The number of pyridine rings is 1. The molecule has 5 nitrogen and oxygen atoms in total. The van der Waals surface area contributed by atoms with Crippen molar-refractivity contribution in [2.75, 3.05) is 5.43 Å². The summed E-state index contributed by atoms with van der Waals surface area (Å²) in [6.07, 6.45) is 1.74. The van der Waals surface area contributed by atoms with Crippen LogP contribution >= 0.6 is 11.3 Å². The Morgan fingerprint density at radius 3 is 2.50 bits per heavy atom. The van der Waals surface area contributed by atoms with Crippen LogP contribution in [0.1, 0.15) is 36.7 Å². The number of nitrogens with one attached hydrogen (secondary N) is 1. The second-order valence-corrected chi connectivity index (χ2v) is 10.3. The molecule has 3 aromatic carbocycles. The molecule has 0 aliphatic rings. The van der Waals surface area contributed by atoms with Crippen LogP contribution in [0.25, 0.3) is 33.1 Å². The fourth-order valence-electron chi connectivity index (χ4n) is 4.76. The zero-order valence-corrected chi connectivity index (χ0v) is 21.9. The summed E-state index contributed by atoms with van der Waals surface area (Å²) in [5.41, 5.74) is 10.1. The summed E-state index contributed by atoms with van der Waals surface area (Å²) in [6, 6.07) is 27.5. The molecule has 0 saturated heterocycles. The maximum absolute atomic E-state index is 13.2. The van der Waals surface area contributed by atoms with Gasteiger partial charge in [0.25, 0.3) is 0 Å². The van der Waals surface area contributed by atoms with E-state index >= 15 is 0 Å². The topological polar surface area (TPSA) is 55.1 Å². The van der Waals surface area contributed by atoms with E-state index in [0.717, 1.165) is 29.2 Å². The predicted molar refractivity (Wildman–Crippen MR) is 156 cm³/mol. The third-order valence-electron chi connectivity index (χ3n) is 6.53. The zero-order valence-electron chi connectivity index (χ0n) is 21.1. The van der Waals surface area contributed by atoms with Crippen LogP contribution < -0.4 is 5.43 Å². The lowest BCUT2D eigenvalue weighted by Crippen LogP contribution is -2.05. The van der Waals surface area contributed by atoms with E-state index < -0.39 is 0 Å². The highest BCUT2D eigenvalue weighted by Gasteiger charge is 2.18. The Balaban J connectivity index is 1.35. The molecule has 0 unspecified atom stereocenters. The number of rotatable bonds is 7. The summed E-state index contributed by atoms with van der Waals surface area (Å²) >= 11 is 1.45. The number of hydrogen-bond acceptors (Lipinski definition) is 5. The van der Waals surface area contributed by atoms with Crippen molar-refractivity contribution in [3.63, 3.8) is 0 Å². The summed E-state index contributed by atoms with van der Waals surface area (Å²) in [5, 5.41) is 9.39. The smallest absolute Gasteiger partial charge is 0.203 e. The summed E-state index contributed by atoms with van der Waals surface area (Å²) in [4.78, 5) is 9.60. The molecule has 3 aromatic heterocycles. The normalized spacial score (nSPS) is 11.8. The first-order valence-corrected chi connectivity index (χ1v) is 13.4. The average molecular weight is 520 g/mol. The third-order valence-corrected chi connectivity index (χ3v) is 7.27. The molecule has 7 heteroatoms. The molecule has 1 N–H and O–H groups in total. The van der Waals surface area contributed by atoms with Gasteiger partial charge in [-0.3, -0.25) is 5.43 Å². The number of benzene rings is 3. The molecule has 0 aliphatic heterocycles. The Bertz CT molecular complexity index is 1750. The van der Waals surface area contributed by atoms with Crippen LogP contribution in [0.5, 0.6) is 0 Å². The summed E-state index contributed by atoms with van der Waals surface area (Å²) in [5.74, 6) is -0.0322. The van der Waals surface area contributed by atoms with Gasteiger partial charge in [0, 0.05) is 33.8 Å². The number of halogens is 1. The van der Waals surface area contributed by atoms with Crippen LogP contribution in [-0.2, 0) is 6.54 Å². The van der Waals surface area contributed by atoms with Gasteiger partial charge in [-0.2, -0.15) is 5.10 Å². The molecule has 38 heavy (non-hydrogen) atoms. The highest BCUT2D eigenvalue weighted by Crippen LogP contribution is 2.34. The van der Waals surface area contributed by atoms with Gasteiger partial charge in [0.1, 0.15) is 5.82 Å². The monoisotopic (exact) mass is 519 g/mol. The number of hydrogen-bond donors (Lipinski definition) is 1. The van der Waals surface area contributed by atoms with Crippen molar-refractivity contribution in [3.05, 3.63) is 113 Å². The van der Waals surface area contributed by atoms with Crippen molar-refractivity contribution in [2.45, 2.75) is 26.3 Å². The molecule has 0 saturated carbocycles. The standard InChI is InChI=1S/C31H26FN5S/c1-20(2)29-30-26(25-10-6-7-11-28(25)37(30)18-21-8-4-3-5-9-21)16-24(34-29)17-33-36-31-35-27(19-38-31)22-12-14-23(32)15-13-22/h3-17,19-20H,18H2,1-2H3,(H,35,36)/b33-17+. The minimum absolute atomic E-state index is 0.231. The predicted octanol–water partition coefficient (Wildman–Crippen LogP) is 8.07. The molecule has 0 fully saturated rings. The molecule has 0 spiro atoms. The first kappa shape index (κ1) is 24.0.